The van der Waals surface area contributed by atoms with E-state index in [4.69, 9.17) is 0 Å². The van der Waals surface area contributed by atoms with E-state index >= 15 is 0 Å². The summed E-state index contributed by atoms with van der Waals surface area (Å²) in [6.07, 6.45) is 14.6. The van der Waals surface area contributed by atoms with E-state index in [0.29, 0.717) is 6.42 Å². The van der Waals surface area contributed by atoms with Gasteiger partial charge in [-0.3, -0.25) is 38.5 Å². The van der Waals surface area contributed by atoms with Gasteiger partial charge in [0.2, 0.25) is 35.4 Å². The third-order valence-electron chi connectivity index (χ3n) is 10.6. The van der Waals surface area contributed by atoms with E-state index in [9.17, 15) is 38.4 Å². The van der Waals surface area contributed by atoms with Crippen molar-refractivity contribution in [1.82, 2.24) is 31.9 Å². The number of carbonyl (C=O) groups is 8. The Morgan fingerprint density at radius 2 is 0.719 bits per heavy atom. The van der Waals surface area contributed by atoms with Gasteiger partial charge in [-0.05, 0) is 50.9 Å². The molecule has 0 rings (SSSR count). The SMILES string of the molecule is CCCCCCCCCCCCCCCC(=O)NC(C(=O)NC(C(=O)NC(C(=O)NC(CCC(=O)OOC)C(=O)NC(CCC(=O)OOC)C(=O)NC(C)C)C(C)C)C(C)C)C(C)C. The van der Waals surface area contributed by atoms with E-state index in [0.717, 1.165) is 33.5 Å². The quantitative estimate of drug-likeness (QED) is 0.0272. The molecule has 0 heterocycles. The third-order valence-corrected chi connectivity index (χ3v) is 10.6. The number of nitrogens with one attached hydrogen (secondary N) is 6. The molecule has 18 nitrogen and oxygen atoms in total. The first-order valence-electron chi connectivity index (χ1n) is 23.6. The molecule has 370 valence electrons. The molecule has 5 atom stereocenters. The van der Waals surface area contributed by atoms with Crippen LogP contribution in [0.3, 0.4) is 0 Å². The Labute approximate surface area is 382 Å². The first-order valence-corrected chi connectivity index (χ1v) is 23.6. The van der Waals surface area contributed by atoms with E-state index in [1.807, 2.05) is 0 Å². The maximum absolute atomic E-state index is 13.9. The monoisotopic (exact) mass is 913 g/mol. The minimum atomic E-state index is -1.42. The second-order valence-corrected chi connectivity index (χ2v) is 17.8. The van der Waals surface area contributed by atoms with Gasteiger partial charge in [0.25, 0.3) is 0 Å². The molecular formula is C46H84N6O12. The van der Waals surface area contributed by atoms with Crippen LogP contribution in [0.2, 0.25) is 0 Å². The van der Waals surface area contributed by atoms with Crippen molar-refractivity contribution in [2.75, 3.05) is 14.2 Å². The van der Waals surface area contributed by atoms with E-state index < -0.39 is 83.5 Å². The van der Waals surface area contributed by atoms with Crippen LogP contribution in [0.15, 0.2) is 0 Å². The lowest BCUT2D eigenvalue weighted by Crippen LogP contribution is -2.61. The summed E-state index contributed by atoms with van der Waals surface area (Å²) in [5.41, 5.74) is 0. The highest BCUT2D eigenvalue weighted by Gasteiger charge is 2.35. The van der Waals surface area contributed by atoms with Crippen molar-refractivity contribution in [3.05, 3.63) is 0 Å². The molecule has 64 heavy (non-hydrogen) atoms. The van der Waals surface area contributed by atoms with Gasteiger partial charge in [0, 0.05) is 12.5 Å². The fourth-order valence-corrected chi connectivity index (χ4v) is 6.89. The van der Waals surface area contributed by atoms with Crippen molar-refractivity contribution in [2.45, 2.75) is 214 Å². The number of rotatable bonds is 36. The second kappa shape index (κ2) is 35.0. The summed E-state index contributed by atoms with van der Waals surface area (Å²) in [4.78, 5) is 123. The smallest absolute Gasteiger partial charge is 0.342 e. The molecule has 0 bridgehead atoms. The van der Waals surface area contributed by atoms with Gasteiger partial charge in [0.15, 0.2) is 0 Å². The van der Waals surface area contributed by atoms with Crippen molar-refractivity contribution >= 4 is 47.4 Å². The molecule has 0 aliphatic carbocycles. The Kier molecular flexibility index (Phi) is 32.6. The Balaban J connectivity index is 5.72. The summed E-state index contributed by atoms with van der Waals surface area (Å²) < 4.78 is 0. The zero-order chi connectivity index (χ0) is 48.6. The van der Waals surface area contributed by atoms with Crippen LogP contribution >= 0.6 is 0 Å². The number of hydrogen-bond acceptors (Lipinski definition) is 12. The van der Waals surface area contributed by atoms with Gasteiger partial charge in [-0.1, -0.05) is 126 Å². The molecule has 0 saturated heterocycles. The van der Waals surface area contributed by atoms with Crippen LogP contribution in [-0.2, 0) is 57.9 Å². The van der Waals surface area contributed by atoms with Crippen LogP contribution in [0.25, 0.3) is 0 Å². The van der Waals surface area contributed by atoms with Gasteiger partial charge in [-0.2, -0.15) is 9.78 Å². The summed E-state index contributed by atoms with van der Waals surface area (Å²) in [7, 11) is 2.27. The number of hydrogen-bond donors (Lipinski definition) is 6. The summed E-state index contributed by atoms with van der Waals surface area (Å²) in [5.74, 6) is -6.60. The third kappa shape index (κ3) is 27.1. The molecule has 0 spiro atoms. The largest absolute Gasteiger partial charge is 0.352 e. The molecule has 0 fully saturated rings. The number of carbonyl (C=O) groups excluding carboxylic acids is 8. The molecular weight excluding hydrogens is 829 g/mol. The van der Waals surface area contributed by atoms with Gasteiger partial charge in [0.05, 0.1) is 27.1 Å². The molecule has 0 aliphatic heterocycles. The van der Waals surface area contributed by atoms with Gasteiger partial charge >= 0.3 is 11.9 Å². The fraction of sp³-hybridized carbons (Fsp3) is 0.826. The zero-order valence-electron chi connectivity index (χ0n) is 40.8. The highest BCUT2D eigenvalue weighted by molar-refractivity contribution is 5.97. The van der Waals surface area contributed by atoms with Crippen molar-refractivity contribution in [2.24, 2.45) is 17.8 Å². The molecule has 18 heteroatoms. The van der Waals surface area contributed by atoms with Gasteiger partial charge < -0.3 is 31.9 Å². The van der Waals surface area contributed by atoms with E-state index in [1.165, 1.54) is 57.8 Å². The summed E-state index contributed by atoms with van der Waals surface area (Å²) in [5, 5.41) is 16.1. The Bertz CT molecular complexity index is 1410. The van der Waals surface area contributed by atoms with Crippen molar-refractivity contribution in [3.8, 4) is 0 Å². The normalized spacial score (nSPS) is 13.7. The molecule has 0 saturated carbocycles. The lowest BCUT2D eigenvalue weighted by atomic mass is 9.97. The molecule has 5 unspecified atom stereocenters. The molecule has 0 radical (unpaired) electrons. The minimum Gasteiger partial charge on any atom is -0.352 e. The minimum absolute atomic E-state index is 0.188. The van der Waals surface area contributed by atoms with Crippen molar-refractivity contribution in [3.63, 3.8) is 0 Å². The van der Waals surface area contributed by atoms with E-state index in [2.05, 4.69) is 58.4 Å². The van der Waals surface area contributed by atoms with Crippen LogP contribution in [0, 0.1) is 17.8 Å². The lowest BCUT2D eigenvalue weighted by Gasteiger charge is -2.30. The fourth-order valence-electron chi connectivity index (χ4n) is 6.89. The Morgan fingerprint density at radius 3 is 1.08 bits per heavy atom. The van der Waals surface area contributed by atoms with Crippen LogP contribution in [0.1, 0.15) is 178 Å². The summed E-state index contributed by atoms with van der Waals surface area (Å²) in [6, 6.07) is -6.23. The number of amides is 6. The van der Waals surface area contributed by atoms with Gasteiger partial charge in [-0.25, -0.2) is 9.59 Å². The highest BCUT2D eigenvalue weighted by atomic mass is 17.2. The molecule has 0 aliphatic rings. The molecule has 0 aromatic rings. The predicted octanol–water partition coefficient (Wildman–Crippen LogP) is 5.15. The number of unbranched alkanes of at least 4 members (excludes halogenated alkanes) is 12. The standard InChI is InChI=1S/C46H84N6O12/c1-12-13-14-15-16-17-18-19-20-21-22-23-24-25-36(53)50-39(30(2)3)45(59)52-41(32(6)7)46(60)51-40(31(4)5)44(58)49-35(27-29-38(55)64-62-11)43(57)48-34(42(56)47-33(8)9)26-28-37(54)63-61-10/h30-35,39-41H,12-29H2,1-11H3,(H,47,56)(H,48,57)(H,49,58)(H,50,53)(H,51,60)(H,52,59). The van der Waals surface area contributed by atoms with Crippen LogP contribution in [0.4, 0.5) is 0 Å². The molecule has 6 N–H and O–H groups in total. The predicted molar refractivity (Wildman–Crippen MR) is 242 cm³/mol. The van der Waals surface area contributed by atoms with Crippen LogP contribution < -0.4 is 31.9 Å². The molecule has 0 aromatic heterocycles. The maximum Gasteiger partial charge on any atom is 0.342 e. The van der Waals surface area contributed by atoms with E-state index in [1.54, 1.807) is 55.4 Å². The Morgan fingerprint density at radius 1 is 0.391 bits per heavy atom. The van der Waals surface area contributed by atoms with Crippen molar-refractivity contribution in [1.29, 1.82) is 0 Å². The van der Waals surface area contributed by atoms with Crippen molar-refractivity contribution < 1.29 is 57.9 Å². The van der Waals surface area contributed by atoms with E-state index in [-0.39, 0.29) is 50.0 Å². The lowest BCUT2D eigenvalue weighted by molar-refractivity contribution is -0.255. The molecule has 6 amide bonds. The van der Waals surface area contributed by atoms with Gasteiger partial charge in [0.1, 0.15) is 30.2 Å². The summed E-state index contributed by atoms with van der Waals surface area (Å²) in [6.45, 7) is 16.0. The average molecular weight is 913 g/mol. The first kappa shape index (κ1) is 59.7. The first-order chi connectivity index (χ1) is 30.3. The zero-order valence-corrected chi connectivity index (χ0v) is 40.8. The Hall–Kier alpha value is -4.32. The highest BCUT2D eigenvalue weighted by Crippen LogP contribution is 2.15. The maximum atomic E-state index is 13.9. The average Bonchev–Trinajstić information content (AvgIpc) is 3.21. The van der Waals surface area contributed by atoms with Crippen LogP contribution in [0.5, 0.6) is 0 Å². The van der Waals surface area contributed by atoms with Crippen LogP contribution in [-0.4, -0.2) is 97.9 Å². The second-order valence-electron chi connectivity index (χ2n) is 17.8. The van der Waals surface area contributed by atoms with Gasteiger partial charge in [-0.15, -0.1) is 0 Å². The molecule has 0 aromatic carbocycles. The summed E-state index contributed by atoms with van der Waals surface area (Å²) >= 11 is 0. The topological polar surface area (TPSA) is 246 Å².